The average Bonchev–Trinajstić information content (AvgIpc) is 3.36. The number of benzene rings is 4. The van der Waals surface area contributed by atoms with Gasteiger partial charge in [0.15, 0.2) is 5.60 Å². The van der Waals surface area contributed by atoms with Gasteiger partial charge in [0.05, 0.1) is 12.0 Å². The second-order valence-corrected chi connectivity index (χ2v) is 11.6. The molecule has 5 aromatic rings. The van der Waals surface area contributed by atoms with Gasteiger partial charge >= 0.3 is 11.6 Å². The Morgan fingerprint density at radius 3 is 2.47 bits per heavy atom. The zero-order valence-corrected chi connectivity index (χ0v) is 24.8. The van der Waals surface area contributed by atoms with Crippen molar-refractivity contribution in [1.29, 1.82) is 0 Å². The molecule has 12 nitrogen and oxygen atoms in total. The highest BCUT2D eigenvalue weighted by Gasteiger charge is 2.53. The summed E-state index contributed by atoms with van der Waals surface area (Å²) in [7, 11) is 0. The minimum atomic E-state index is -1.22. The molecule has 12 heteroatoms. The molecule has 3 aliphatic heterocycles. The first-order valence-electron chi connectivity index (χ1n) is 15.0. The Morgan fingerprint density at radius 1 is 0.894 bits per heavy atom. The average molecular weight is 628 g/mol. The minimum Gasteiger partial charge on any atom is -0.508 e. The summed E-state index contributed by atoms with van der Waals surface area (Å²) >= 11 is 0. The van der Waals surface area contributed by atoms with Gasteiger partial charge in [0.1, 0.15) is 22.8 Å². The van der Waals surface area contributed by atoms with Gasteiger partial charge in [-0.2, -0.15) is 0 Å². The van der Waals surface area contributed by atoms with Crippen molar-refractivity contribution in [3.8, 4) is 17.2 Å². The third kappa shape index (κ3) is 4.53. The Bertz CT molecular complexity index is 2250. The van der Waals surface area contributed by atoms with Crippen molar-refractivity contribution in [2.45, 2.75) is 12.0 Å². The zero-order chi connectivity index (χ0) is 32.3. The van der Waals surface area contributed by atoms with Crippen molar-refractivity contribution in [2.75, 3.05) is 31.1 Å². The molecule has 1 N–H and O–H groups in total. The smallest absolute Gasteiger partial charge is 0.340 e. The summed E-state index contributed by atoms with van der Waals surface area (Å²) in [6, 6.07) is 23.9. The van der Waals surface area contributed by atoms with E-state index in [-0.39, 0.29) is 23.7 Å². The number of nitrogens with zero attached hydrogens (tertiary/aromatic N) is 5. The van der Waals surface area contributed by atoms with E-state index < -0.39 is 17.2 Å². The van der Waals surface area contributed by atoms with Crippen LogP contribution in [0.5, 0.6) is 17.2 Å². The van der Waals surface area contributed by atoms with E-state index in [4.69, 9.17) is 19.4 Å². The standard InChI is InChI=1S/C35H25N5O7/c36-38-37-21-5-8-24-20(16-33(43)46-29(24)17-21)15-32(42)40-13-11-39(12-14-40)22-6-9-27-30(18-22)45-31-19-23(41)7-10-28(31)35(27)26-4-2-1-3-25(26)34(44)47-35/h1-10,16-19,41H,11-15H2. The lowest BCUT2D eigenvalue weighted by molar-refractivity contribution is -0.130. The first kappa shape index (κ1) is 28.2. The molecule has 0 aliphatic carbocycles. The number of ether oxygens (including phenoxy) is 2. The molecule has 4 aromatic carbocycles. The molecule has 1 fully saturated rings. The number of anilines is 1. The van der Waals surface area contributed by atoms with Crippen LogP contribution in [0.4, 0.5) is 11.4 Å². The third-order valence-electron chi connectivity index (χ3n) is 8.99. The van der Waals surface area contributed by atoms with Crippen molar-refractivity contribution in [2.24, 2.45) is 5.11 Å². The highest BCUT2D eigenvalue weighted by atomic mass is 16.6. The van der Waals surface area contributed by atoms with E-state index in [9.17, 15) is 19.5 Å². The Labute approximate surface area is 266 Å². The van der Waals surface area contributed by atoms with Crippen LogP contribution in [0.1, 0.15) is 32.6 Å². The fourth-order valence-corrected chi connectivity index (χ4v) is 6.82. The number of hydrogen-bond acceptors (Lipinski definition) is 9. The fraction of sp³-hybridized carbons (Fsp3) is 0.171. The molecule has 47 heavy (non-hydrogen) atoms. The van der Waals surface area contributed by atoms with Gasteiger partial charge < -0.3 is 28.8 Å². The van der Waals surface area contributed by atoms with E-state index in [1.54, 1.807) is 41.3 Å². The van der Waals surface area contributed by atoms with Crippen molar-refractivity contribution >= 4 is 34.2 Å². The van der Waals surface area contributed by atoms with Gasteiger partial charge in [-0.05, 0) is 47.5 Å². The summed E-state index contributed by atoms with van der Waals surface area (Å²) < 4.78 is 17.8. The molecule has 1 spiro atoms. The SMILES string of the molecule is [N-]=[N+]=Nc1ccc2c(CC(=O)N3CCN(c4ccc5c(c4)Oc4cc(O)ccc4C54OC(=O)c5ccccc54)CC3)cc(=O)oc2c1. The number of azide groups is 1. The molecule has 0 bridgehead atoms. The van der Waals surface area contributed by atoms with Crippen LogP contribution in [-0.2, 0) is 21.6 Å². The molecule has 1 atom stereocenters. The van der Waals surface area contributed by atoms with Gasteiger partial charge in [-0.15, -0.1) is 0 Å². The van der Waals surface area contributed by atoms with Crippen LogP contribution in [-0.4, -0.2) is 48.1 Å². The molecule has 4 heterocycles. The maximum Gasteiger partial charge on any atom is 0.340 e. The molecule has 1 aromatic heterocycles. The minimum absolute atomic E-state index is 0.0180. The zero-order valence-electron chi connectivity index (χ0n) is 24.8. The summed E-state index contributed by atoms with van der Waals surface area (Å²) in [6.07, 6.45) is 0.0180. The van der Waals surface area contributed by atoms with Crippen LogP contribution in [0.3, 0.4) is 0 Å². The van der Waals surface area contributed by atoms with E-state index in [0.717, 1.165) is 5.69 Å². The van der Waals surface area contributed by atoms with Gasteiger partial charge in [0.25, 0.3) is 0 Å². The van der Waals surface area contributed by atoms with Gasteiger partial charge in [0, 0.05) is 82.7 Å². The summed E-state index contributed by atoms with van der Waals surface area (Å²) in [6.45, 7) is 2.03. The molecular formula is C35H25N5O7. The number of hydrogen-bond donors (Lipinski definition) is 1. The van der Waals surface area contributed by atoms with Crippen molar-refractivity contribution in [1.82, 2.24) is 4.90 Å². The number of carbonyl (C=O) groups is 2. The number of phenolic OH excluding ortho intramolecular Hbond substituents is 1. The predicted molar refractivity (Wildman–Crippen MR) is 170 cm³/mol. The number of aromatic hydroxyl groups is 1. The van der Waals surface area contributed by atoms with Gasteiger partial charge in [-0.3, -0.25) is 4.79 Å². The molecular weight excluding hydrogens is 602 g/mol. The van der Waals surface area contributed by atoms with Crippen LogP contribution >= 0.6 is 0 Å². The largest absolute Gasteiger partial charge is 0.508 e. The first-order chi connectivity index (χ1) is 22.8. The van der Waals surface area contributed by atoms with Crippen LogP contribution in [0.25, 0.3) is 21.4 Å². The lowest BCUT2D eigenvalue weighted by Crippen LogP contribution is -2.49. The first-order valence-corrected chi connectivity index (χ1v) is 15.0. The Kier molecular flexibility index (Phi) is 6.41. The normalized spacial score (nSPS) is 17.7. The summed E-state index contributed by atoms with van der Waals surface area (Å²) in [5.41, 5.74) is 11.4. The topological polar surface area (TPSA) is 158 Å². The van der Waals surface area contributed by atoms with Crippen LogP contribution in [0.15, 0.2) is 99.3 Å². The van der Waals surface area contributed by atoms with Crippen molar-refractivity contribution in [3.63, 3.8) is 0 Å². The maximum atomic E-state index is 13.4. The van der Waals surface area contributed by atoms with Crippen LogP contribution in [0, 0.1) is 0 Å². The van der Waals surface area contributed by atoms with Gasteiger partial charge in [0.2, 0.25) is 5.91 Å². The fourth-order valence-electron chi connectivity index (χ4n) is 6.82. The molecule has 1 unspecified atom stereocenters. The third-order valence-corrected chi connectivity index (χ3v) is 8.99. The highest BCUT2D eigenvalue weighted by Crippen LogP contribution is 2.57. The second-order valence-electron chi connectivity index (χ2n) is 11.6. The van der Waals surface area contributed by atoms with E-state index in [1.807, 2.05) is 30.3 Å². The number of phenols is 1. The number of fused-ring (bicyclic) bond motifs is 7. The predicted octanol–water partition coefficient (Wildman–Crippen LogP) is 5.90. The van der Waals surface area contributed by atoms with Gasteiger partial charge in [-0.25, -0.2) is 9.59 Å². The number of amides is 1. The van der Waals surface area contributed by atoms with Crippen LogP contribution in [0.2, 0.25) is 0 Å². The summed E-state index contributed by atoms with van der Waals surface area (Å²) in [5.74, 6) is 0.372. The monoisotopic (exact) mass is 627 g/mol. The van der Waals surface area contributed by atoms with E-state index in [1.165, 1.54) is 18.2 Å². The number of carbonyl (C=O) groups excluding carboxylic acids is 2. The molecule has 8 rings (SSSR count). The molecule has 1 saturated heterocycles. The number of esters is 1. The quantitative estimate of drug-likeness (QED) is 0.0848. The maximum absolute atomic E-state index is 13.4. The summed E-state index contributed by atoms with van der Waals surface area (Å²) in [4.78, 5) is 45.3. The Morgan fingerprint density at radius 2 is 1.66 bits per heavy atom. The Hall–Kier alpha value is -6.26. The molecule has 232 valence electrons. The van der Waals surface area contributed by atoms with Gasteiger partial charge in [-0.1, -0.05) is 35.4 Å². The second kappa shape index (κ2) is 10.7. The highest BCUT2D eigenvalue weighted by molar-refractivity contribution is 5.97. The lowest BCUT2D eigenvalue weighted by Gasteiger charge is -2.39. The van der Waals surface area contributed by atoms with Crippen molar-refractivity contribution in [3.05, 3.63) is 134 Å². The van der Waals surface area contributed by atoms with E-state index in [2.05, 4.69) is 14.9 Å². The lowest BCUT2D eigenvalue weighted by atomic mass is 9.77. The van der Waals surface area contributed by atoms with E-state index in [0.29, 0.717) is 76.6 Å². The molecule has 1 amide bonds. The number of piperazine rings is 1. The molecule has 3 aliphatic rings. The molecule has 0 saturated carbocycles. The number of rotatable bonds is 4. The van der Waals surface area contributed by atoms with Crippen LogP contribution < -0.4 is 15.3 Å². The molecule has 0 radical (unpaired) electrons. The van der Waals surface area contributed by atoms with E-state index >= 15 is 0 Å². The summed E-state index contributed by atoms with van der Waals surface area (Å²) in [5, 5.41) is 14.4. The van der Waals surface area contributed by atoms with Crippen molar-refractivity contribution < 1.29 is 28.6 Å². The Balaban J connectivity index is 1.04.